The molecule has 104 valence electrons. The van der Waals surface area contributed by atoms with Crippen LogP contribution in [0, 0.1) is 11.8 Å². The SMILES string of the molecule is COC(=O)c1cc(N2CC(C)CC(C)C2)ncc1N. The molecule has 19 heavy (non-hydrogen) atoms. The summed E-state index contributed by atoms with van der Waals surface area (Å²) in [4.78, 5) is 18.2. The minimum Gasteiger partial charge on any atom is -0.465 e. The number of esters is 1. The predicted octanol–water partition coefficient (Wildman–Crippen LogP) is 1.93. The van der Waals surface area contributed by atoms with E-state index in [1.54, 1.807) is 6.07 Å². The van der Waals surface area contributed by atoms with E-state index in [0.29, 0.717) is 23.1 Å². The molecule has 2 unspecified atom stereocenters. The summed E-state index contributed by atoms with van der Waals surface area (Å²) in [7, 11) is 1.35. The lowest BCUT2D eigenvalue weighted by atomic mass is 9.92. The summed E-state index contributed by atoms with van der Waals surface area (Å²) in [5.41, 5.74) is 6.51. The first kappa shape index (κ1) is 13.6. The number of nitrogens with two attached hydrogens (primary N) is 1. The molecule has 1 fully saturated rings. The number of pyridine rings is 1. The van der Waals surface area contributed by atoms with Crippen LogP contribution >= 0.6 is 0 Å². The lowest BCUT2D eigenvalue weighted by Crippen LogP contribution is -2.39. The number of rotatable bonds is 2. The van der Waals surface area contributed by atoms with Crippen LogP contribution in [0.25, 0.3) is 0 Å². The summed E-state index contributed by atoms with van der Waals surface area (Å²) in [6.07, 6.45) is 2.76. The van der Waals surface area contributed by atoms with Gasteiger partial charge in [0.1, 0.15) is 5.82 Å². The van der Waals surface area contributed by atoms with Crippen molar-refractivity contribution in [2.45, 2.75) is 20.3 Å². The average molecular weight is 263 g/mol. The predicted molar refractivity (Wildman–Crippen MR) is 75.1 cm³/mol. The van der Waals surface area contributed by atoms with Crippen LogP contribution < -0.4 is 10.6 Å². The molecule has 0 radical (unpaired) electrons. The normalized spacial score (nSPS) is 23.2. The van der Waals surface area contributed by atoms with Gasteiger partial charge in [-0.3, -0.25) is 0 Å². The minimum absolute atomic E-state index is 0.355. The van der Waals surface area contributed by atoms with E-state index in [4.69, 9.17) is 10.5 Å². The second kappa shape index (κ2) is 5.47. The van der Waals surface area contributed by atoms with Gasteiger partial charge in [-0.1, -0.05) is 13.8 Å². The van der Waals surface area contributed by atoms with E-state index in [-0.39, 0.29) is 0 Å². The highest BCUT2D eigenvalue weighted by Crippen LogP contribution is 2.26. The van der Waals surface area contributed by atoms with Gasteiger partial charge in [0.25, 0.3) is 0 Å². The molecule has 1 aliphatic rings. The molecule has 2 rings (SSSR count). The third kappa shape index (κ3) is 2.97. The van der Waals surface area contributed by atoms with E-state index >= 15 is 0 Å². The van der Waals surface area contributed by atoms with E-state index in [0.717, 1.165) is 18.9 Å². The fourth-order valence-corrected chi connectivity index (χ4v) is 2.76. The Morgan fingerprint density at radius 3 is 2.63 bits per heavy atom. The smallest absolute Gasteiger partial charge is 0.340 e. The number of methoxy groups -OCH3 is 1. The highest BCUT2D eigenvalue weighted by atomic mass is 16.5. The largest absolute Gasteiger partial charge is 0.465 e. The third-order valence-electron chi connectivity index (χ3n) is 3.52. The van der Waals surface area contributed by atoms with Crippen LogP contribution in [0.4, 0.5) is 11.5 Å². The number of ether oxygens (including phenoxy) is 1. The fraction of sp³-hybridized carbons (Fsp3) is 0.571. The molecule has 0 aromatic carbocycles. The van der Waals surface area contributed by atoms with E-state index < -0.39 is 5.97 Å². The molecule has 0 aliphatic carbocycles. The quantitative estimate of drug-likeness (QED) is 0.826. The lowest BCUT2D eigenvalue weighted by molar-refractivity contribution is 0.0602. The fourth-order valence-electron chi connectivity index (χ4n) is 2.76. The topological polar surface area (TPSA) is 68.5 Å². The zero-order chi connectivity index (χ0) is 14.0. The Bertz CT molecular complexity index is 466. The van der Waals surface area contributed by atoms with Crippen molar-refractivity contribution in [1.82, 2.24) is 4.98 Å². The molecular weight excluding hydrogens is 242 g/mol. The van der Waals surface area contributed by atoms with Gasteiger partial charge in [-0.2, -0.15) is 0 Å². The lowest BCUT2D eigenvalue weighted by Gasteiger charge is -2.35. The Morgan fingerprint density at radius 1 is 1.42 bits per heavy atom. The van der Waals surface area contributed by atoms with Crippen LogP contribution in [0.2, 0.25) is 0 Å². The number of hydrogen-bond donors (Lipinski definition) is 1. The monoisotopic (exact) mass is 263 g/mol. The zero-order valence-electron chi connectivity index (χ0n) is 11.7. The van der Waals surface area contributed by atoms with E-state index in [1.165, 1.54) is 19.7 Å². The summed E-state index contributed by atoms with van der Waals surface area (Å²) in [5.74, 6) is 1.64. The van der Waals surface area contributed by atoms with Crippen LogP contribution in [-0.4, -0.2) is 31.2 Å². The molecule has 1 aromatic heterocycles. The first-order valence-electron chi connectivity index (χ1n) is 6.60. The van der Waals surface area contributed by atoms with Crippen LogP contribution in [0.15, 0.2) is 12.3 Å². The first-order chi connectivity index (χ1) is 9.01. The van der Waals surface area contributed by atoms with Crippen molar-refractivity contribution in [3.63, 3.8) is 0 Å². The number of carbonyl (C=O) groups is 1. The maximum absolute atomic E-state index is 11.6. The Kier molecular flexibility index (Phi) is 3.93. The van der Waals surface area contributed by atoms with Gasteiger partial charge >= 0.3 is 5.97 Å². The summed E-state index contributed by atoms with van der Waals surface area (Å²) >= 11 is 0. The van der Waals surface area contributed by atoms with E-state index in [1.807, 2.05) is 0 Å². The van der Waals surface area contributed by atoms with E-state index in [2.05, 4.69) is 23.7 Å². The minimum atomic E-state index is -0.417. The van der Waals surface area contributed by atoms with Crippen molar-refractivity contribution in [3.8, 4) is 0 Å². The van der Waals surface area contributed by atoms with Crippen molar-refractivity contribution in [2.24, 2.45) is 11.8 Å². The number of aromatic nitrogens is 1. The Morgan fingerprint density at radius 2 is 2.05 bits per heavy atom. The molecule has 2 atom stereocenters. The zero-order valence-corrected chi connectivity index (χ0v) is 11.7. The van der Waals surface area contributed by atoms with E-state index in [9.17, 15) is 4.79 Å². The summed E-state index contributed by atoms with van der Waals surface area (Å²) in [6, 6.07) is 1.73. The van der Waals surface area contributed by atoms with Gasteiger partial charge in [-0.05, 0) is 24.3 Å². The molecule has 5 heteroatoms. The molecule has 2 heterocycles. The standard InChI is InChI=1S/C14H21N3O2/c1-9-4-10(2)8-17(7-9)13-5-11(14(18)19-3)12(15)6-16-13/h5-6,9-10H,4,7-8,15H2,1-3H3. The van der Waals surface area contributed by atoms with Crippen molar-refractivity contribution < 1.29 is 9.53 Å². The molecule has 5 nitrogen and oxygen atoms in total. The molecule has 2 N–H and O–H groups in total. The first-order valence-corrected chi connectivity index (χ1v) is 6.60. The number of nitrogens with zero attached hydrogens (tertiary/aromatic N) is 2. The van der Waals surface area contributed by atoms with Gasteiger partial charge in [-0.15, -0.1) is 0 Å². The van der Waals surface area contributed by atoms with Crippen LogP contribution in [0.3, 0.4) is 0 Å². The maximum atomic E-state index is 11.6. The van der Waals surface area contributed by atoms with Gasteiger partial charge in [0.05, 0.1) is 24.6 Å². The molecule has 0 amide bonds. The number of anilines is 2. The van der Waals surface area contributed by atoms with Crippen LogP contribution in [0.5, 0.6) is 0 Å². The van der Waals surface area contributed by atoms with Crippen molar-refractivity contribution >= 4 is 17.5 Å². The van der Waals surface area contributed by atoms with Gasteiger partial charge in [-0.25, -0.2) is 9.78 Å². The molecule has 0 saturated carbocycles. The van der Waals surface area contributed by atoms with Crippen molar-refractivity contribution in [1.29, 1.82) is 0 Å². The molecule has 0 spiro atoms. The number of hydrogen-bond acceptors (Lipinski definition) is 5. The number of carbonyl (C=O) groups excluding carboxylic acids is 1. The highest BCUT2D eigenvalue weighted by molar-refractivity contribution is 5.95. The summed E-state index contributed by atoms with van der Waals surface area (Å²) in [5, 5.41) is 0. The number of nitrogen functional groups attached to an aromatic ring is 1. The highest BCUT2D eigenvalue weighted by Gasteiger charge is 2.24. The number of piperidine rings is 1. The average Bonchev–Trinajstić information content (AvgIpc) is 2.37. The van der Waals surface area contributed by atoms with Gasteiger partial charge in [0, 0.05) is 13.1 Å². The van der Waals surface area contributed by atoms with Gasteiger partial charge in [0.15, 0.2) is 0 Å². The Labute approximate surface area is 113 Å². The molecule has 1 aromatic rings. The van der Waals surface area contributed by atoms with Crippen LogP contribution in [0.1, 0.15) is 30.6 Å². The third-order valence-corrected chi connectivity index (χ3v) is 3.52. The van der Waals surface area contributed by atoms with Gasteiger partial charge in [0.2, 0.25) is 0 Å². The summed E-state index contributed by atoms with van der Waals surface area (Å²) < 4.78 is 4.74. The van der Waals surface area contributed by atoms with Crippen LogP contribution in [-0.2, 0) is 4.74 Å². The molecule has 0 bridgehead atoms. The second-order valence-corrected chi connectivity index (χ2v) is 5.47. The summed E-state index contributed by atoms with van der Waals surface area (Å²) in [6.45, 7) is 6.39. The Hall–Kier alpha value is -1.78. The van der Waals surface area contributed by atoms with Crippen molar-refractivity contribution in [3.05, 3.63) is 17.8 Å². The van der Waals surface area contributed by atoms with Crippen molar-refractivity contribution in [2.75, 3.05) is 30.8 Å². The second-order valence-electron chi connectivity index (χ2n) is 5.47. The molecular formula is C14H21N3O2. The maximum Gasteiger partial charge on any atom is 0.340 e. The molecule has 1 aliphatic heterocycles. The Balaban J connectivity index is 2.27. The van der Waals surface area contributed by atoms with Gasteiger partial charge < -0.3 is 15.4 Å². The molecule has 1 saturated heterocycles.